The Morgan fingerprint density at radius 3 is 2.53 bits per heavy atom. The van der Waals surface area contributed by atoms with Crippen LogP contribution in [0.3, 0.4) is 0 Å². The highest BCUT2D eigenvalue weighted by molar-refractivity contribution is 7.89. The largest absolute Gasteiger partial charge is 0.395 e. The Hall–Kier alpha value is -2.88. The zero-order valence-corrected chi connectivity index (χ0v) is 19.2. The first-order valence-electron chi connectivity index (χ1n) is 10.8. The summed E-state index contributed by atoms with van der Waals surface area (Å²) < 4.78 is 30.5. The lowest BCUT2D eigenvalue weighted by Gasteiger charge is -2.17. The SMILES string of the molecule is CCCc1nnc2c3ccccc3c(-c3ccc(C)c(S(=O)(=O)NC(CC)CO)c3)nn12. The number of aromatic nitrogens is 4. The van der Waals surface area contributed by atoms with Crippen LogP contribution in [0, 0.1) is 6.92 Å². The van der Waals surface area contributed by atoms with E-state index in [0.29, 0.717) is 28.9 Å². The molecule has 0 saturated carbocycles. The molecule has 0 bridgehead atoms. The molecule has 32 heavy (non-hydrogen) atoms. The molecule has 2 aromatic carbocycles. The quantitative estimate of drug-likeness (QED) is 0.424. The molecule has 168 valence electrons. The molecule has 0 aliphatic heterocycles. The minimum atomic E-state index is -3.82. The molecule has 0 aliphatic rings. The standard InChI is InChI=1S/C23H27N5O3S/c1-4-8-21-24-25-23-19-10-7-6-9-18(19)22(26-28(21)23)16-12-11-15(3)20(13-16)32(30,31)27-17(5-2)14-29/h6-7,9-13,17,27,29H,4-5,8,14H2,1-3H3. The zero-order valence-electron chi connectivity index (χ0n) is 18.4. The number of nitrogens with one attached hydrogen (secondary N) is 1. The van der Waals surface area contributed by atoms with Crippen molar-refractivity contribution in [3.63, 3.8) is 0 Å². The van der Waals surface area contributed by atoms with Gasteiger partial charge in [0.25, 0.3) is 0 Å². The van der Waals surface area contributed by atoms with Crippen LogP contribution in [0.1, 0.15) is 38.1 Å². The summed E-state index contributed by atoms with van der Waals surface area (Å²) in [6.07, 6.45) is 2.14. The van der Waals surface area contributed by atoms with Gasteiger partial charge in [0, 0.05) is 28.8 Å². The van der Waals surface area contributed by atoms with E-state index >= 15 is 0 Å². The van der Waals surface area contributed by atoms with Crippen molar-refractivity contribution >= 4 is 26.4 Å². The van der Waals surface area contributed by atoms with Crippen LogP contribution >= 0.6 is 0 Å². The van der Waals surface area contributed by atoms with Crippen LogP contribution in [0.5, 0.6) is 0 Å². The first kappa shape index (κ1) is 22.3. The van der Waals surface area contributed by atoms with Gasteiger partial charge in [0.2, 0.25) is 10.0 Å². The van der Waals surface area contributed by atoms with E-state index in [2.05, 4.69) is 21.8 Å². The van der Waals surface area contributed by atoms with Crippen molar-refractivity contribution < 1.29 is 13.5 Å². The summed E-state index contributed by atoms with van der Waals surface area (Å²) in [5.41, 5.74) is 2.65. The normalized spacial score (nSPS) is 13.1. The van der Waals surface area contributed by atoms with Crippen LogP contribution in [0.25, 0.3) is 27.7 Å². The van der Waals surface area contributed by atoms with Crippen molar-refractivity contribution in [3.05, 3.63) is 53.9 Å². The summed E-state index contributed by atoms with van der Waals surface area (Å²) >= 11 is 0. The molecule has 0 fully saturated rings. The van der Waals surface area contributed by atoms with Crippen molar-refractivity contribution in [1.82, 2.24) is 24.5 Å². The van der Waals surface area contributed by atoms with Crippen molar-refractivity contribution in [2.45, 2.75) is 51.0 Å². The van der Waals surface area contributed by atoms with E-state index in [4.69, 9.17) is 5.10 Å². The minimum Gasteiger partial charge on any atom is -0.395 e. The molecule has 0 saturated heterocycles. The first-order valence-corrected chi connectivity index (χ1v) is 12.2. The maximum Gasteiger partial charge on any atom is 0.241 e. The highest BCUT2D eigenvalue weighted by Gasteiger charge is 2.22. The molecule has 1 unspecified atom stereocenters. The van der Waals surface area contributed by atoms with Crippen LogP contribution in [0.4, 0.5) is 0 Å². The van der Waals surface area contributed by atoms with E-state index < -0.39 is 16.1 Å². The average molecular weight is 454 g/mol. The summed E-state index contributed by atoms with van der Waals surface area (Å²) in [5.74, 6) is 0.768. The molecule has 2 N–H and O–H groups in total. The number of nitrogens with zero attached hydrogens (tertiary/aromatic N) is 4. The Bertz CT molecular complexity index is 1380. The van der Waals surface area contributed by atoms with Crippen LogP contribution in [-0.2, 0) is 16.4 Å². The lowest BCUT2D eigenvalue weighted by atomic mass is 10.0. The Kier molecular flexibility index (Phi) is 6.23. The molecule has 0 aliphatic carbocycles. The fourth-order valence-electron chi connectivity index (χ4n) is 3.79. The fraction of sp³-hybridized carbons (Fsp3) is 0.348. The topological polar surface area (TPSA) is 109 Å². The van der Waals surface area contributed by atoms with Crippen LogP contribution in [0.15, 0.2) is 47.4 Å². The predicted octanol–water partition coefficient (Wildman–Crippen LogP) is 3.25. The number of aliphatic hydroxyl groups is 1. The number of hydrogen-bond donors (Lipinski definition) is 2. The van der Waals surface area contributed by atoms with Gasteiger partial charge in [-0.15, -0.1) is 10.2 Å². The van der Waals surface area contributed by atoms with E-state index in [1.165, 1.54) is 0 Å². The molecule has 0 radical (unpaired) electrons. The summed E-state index contributed by atoms with van der Waals surface area (Å²) in [7, 11) is -3.82. The van der Waals surface area contributed by atoms with Crippen LogP contribution in [0.2, 0.25) is 0 Å². The highest BCUT2D eigenvalue weighted by atomic mass is 32.2. The van der Waals surface area contributed by atoms with Crippen LogP contribution in [-0.4, -0.2) is 46.0 Å². The summed E-state index contributed by atoms with van der Waals surface area (Å²) in [6, 6.07) is 12.6. The molecule has 4 aromatic rings. The van der Waals surface area contributed by atoms with Gasteiger partial charge in [-0.1, -0.05) is 50.2 Å². The van der Waals surface area contributed by atoms with E-state index in [1.54, 1.807) is 23.6 Å². The lowest BCUT2D eigenvalue weighted by Crippen LogP contribution is -2.37. The molecular formula is C23H27N5O3S. The highest BCUT2D eigenvalue weighted by Crippen LogP contribution is 2.31. The third-order valence-electron chi connectivity index (χ3n) is 5.59. The zero-order chi connectivity index (χ0) is 22.9. The molecule has 0 amide bonds. The predicted molar refractivity (Wildman–Crippen MR) is 124 cm³/mol. The van der Waals surface area contributed by atoms with Gasteiger partial charge in [-0.3, -0.25) is 0 Å². The van der Waals surface area contributed by atoms with E-state index in [9.17, 15) is 13.5 Å². The number of aryl methyl sites for hydroxylation is 2. The molecule has 2 heterocycles. The number of aliphatic hydroxyl groups excluding tert-OH is 1. The van der Waals surface area contributed by atoms with Crippen LogP contribution < -0.4 is 4.72 Å². The smallest absolute Gasteiger partial charge is 0.241 e. The van der Waals surface area contributed by atoms with Gasteiger partial charge in [0.1, 0.15) is 0 Å². The van der Waals surface area contributed by atoms with Gasteiger partial charge in [-0.05, 0) is 31.4 Å². The van der Waals surface area contributed by atoms with Crippen molar-refractivity contribution in [2.24, 2.45) is 0 Å². The molecule has 0 spiro atoms. The van der Waals surface area contributed by atoms with Gasteiger partial charge < -0.3 is 5.11 Å². The minimum absolute atomic E-state index is 0.172. The molecular weight excluding hydrogens is 426 g/mol. The number of hydrogen-bond acceptors (Lipinski definition) is 6. The molecule has 4 rings (SSSR count). The molecule has 8 nitrogen and oxygen atoms in total. The third-order valence-corrected chi connectivity index (χ3v) is 7.25. The number of rotatable bonds is 8. The third kappa shape index (κ3) is 3.99. The van der Waals surface area contributed by atoms with Crippen molar-refractivity contribution in [2.75, 3.05) is 6.61 Å². The average Bonchev–Trinajstić information content (AvgIpc) is 3.20. The summed E-state index contributed by atoms with van der Waals surface area (Å²) in [5, 5.41) is 24.7. The lowest BCUT2D eigenvalue weighted by molar-refractivity contribution is 0.254. The second kappa shape index (κ2) is 8.93. The maximum absolute atomic E-state index is 13.1. The number of fused-ring (bicyclic) bond motifs is 3. The van der Waals surface area contributed by atoms with E-state index in [0.717, 1.165) is 29.4 Å². The Morgan fingerprint density at radius 1 is 1.09 bits per heavy atom. The second-order valence-corrected chi connectivity index (χ2v) is 9.57. The Labute approximate surface area is 187 Å². The second-order valence-electron chi connectivity index (χ2n) is 7.89. The van der Waals surface area contributed by atoms with Gasteiger partial charge in [-0.2, -0.15) is 9.61 Å². The van der Waals surface area contributed by atoms with Gasteiger partial charge in [0.15, 0.2) is 11.5 Å². The van der Waals surface area contributed by atoms with Gasteiger partial charge in [-0.25, -0.2) is 13.1 Å². The molecule has 9 heteroatoms. The number of sulfonamides is 1. The Morgan fingerprint density at radius 2 is 1.84 bits per heavy atom. The molecule has 1 atom stereocenters. The van der Waals surface area contributed by atoms with Crippen molar-refractivity contribution in [3.8, 4) is 11.3 Å². The summed E-state index contributed by atoms with van der Waals surface area (Å²) in [6.45, 7) is 5.39. The maximum atomic E-state index is 13.1. The molecule has 2 aromatic heterocycles. The van der Waals surface area contributed by atoms with Gasteiger partial charge >= 0.3 is 0 Å². The van der Waals surface area contributed by atoms with Gasteiger partial charge in [0.05, 0.1) is 17.2 Å². The first-order chi connectivity index (χ1) is 15.4. The van der Waals surface area contributed by atoms with E-state index in [-0.39, 0.29) is 11.5 Å². The van der Waals surface area contributed by atoms with Crippen molar-refractivity contribution in [1.29, 1.82) is 0 Å². The number of benzene rings is 2. The fourth-order valence-corrected chi connectivity index (χ4v) is 5.37. The van der Waals surface area contributed by atoms with E-state index in [1.807, 2.05) is 37.3 Å². The summed E-state index contributed by atoms with van der Waals surface area (Å²) in [4.78, 5) is 0.172. The monoisotopic (exact) mass is 453 g/mol. The Balaban J connectivity index is 1.93.